The summed E-state index contributed by atoms with van der Waals surface area (Å²) in [6.45, 7) is 3.38. The third-order valence-electron chi connectivity index (χ3n) is 3.72. The summed E-state index contributed by atoms with van der Waals surface area (Å²) in [6.07, 6.45) is 1.89. The summed E-state index contributed by atoms with van der Waals surface area (Å²) < 4.78 is 18.5. The maximum absolute atomic E-state index is 13.1. The van der Waals surface area contributed by atoms with Crippen molar-refractivity contribution in [2.45, 2.75) is 12.8 Å². The van der Waals surface area contributed by atoms with E-state index < -0.39 is 0 Å². The fourth-order valence-corrected chi connectivity index (χ4v) is 2.60. The highest BCUT2D eigenvalue weighted by Gasteiger charge is 2.18. The van der Waals surface area contributed by atoms with Gasteiger partial charge < -0.3 is 15.0 Å². The second-order valence-electron chi connectivity index (χ2n) is 5.46. The Morgan fingerprint density at radius 2 is 2.38 bits per heavy atom. The molecule has 0 spiro atoms. The maximum Gasteiger partial charge on any atom is 0.193 e. The molecule has 0 bridgehead atoms. The van der Waals surface area contributed by atoms with Gasteiger partial charge in [-0.3, -0.25) is 4.99 Å². The summed E-state index contributed by atoms with van der Waals surface area (Å²) in [5.74, 6) is 1.27. The predicted octanol–water partition coefficient (Wildman–Crippen LogP) is 1.91. The van der Waals surface area contributed by atoms with E-state index in [4.69, 9.17) is 4.74 Å². The van der Waals surface area contributed by atoms with Crippen LogP contribution in [-0.2, 0) is 11.2 Å². The number of rotatable bonds is 5. The van der Waals surface area contributed by atoms with E-state index in [0.29, 0.717) is 5.92 Å². The van der Waals surface area contributed by atoms with Crippen LogP contribution in [0.3, 0.4) is 0 Å². The van der Waals surface area contributed by atoms with Crippen molar-refractivity contribution in [3.63, 3.8) is 0 Å². The van der Waals surface area contributed by atoms with E-state index in [1.165, 1.54) is 6.07 Å². The summed E-state index contributed by atoms with van der Waals surface area (Å²) in [6, 6.07) is 6.72. The zero-order valence-electron chi connectivity index (χ0n) is 12.8. The standard InChI is InChI=1S/C16H24FN3O/c1-18-16(20(2)11-14-7-9-21-12-14)19-8-6-13-4-3-5-15(17)10-13/h3-5,10,14H,6-9,11-12H2,1-2H3,(H,18,19). The molecule has 1 fully saturated rings. The van der Waals surface area contributed by atoms with Gasteiger partial charge in [-0.2, -0.15) is 0 Å². The molecule has 4 nitrogen and oxygen atoms in total. The molecule has 116 valence electrons. The lowest BCUT2D eigenvalue weighted by Gasteiger charge is -2.24. The minimum absolute atomic E-state index is 0.185. The number of hydrogen-bond donors (Lipinski definition) is 1. The molecule has 1 saturated heterocycles. The fourth-order valence-electron chi connectivity index (χ4n) is 2.60. The van der Waals surface area contributed by atoms with Gasteiger partial charge in [0.1, 0.15) is 5.82 Å². The van der Waals surface area contributed by atoms with Crippen LogP contribution in [0.4, 0.5) is 4.39 Å². The Morgan fingerprint density at radius 1 is 1.52 bits per heavy atom. The molecule has 0 amide bonds. The highest BCUT2D eigenvalue weighted by Crippen LogP contribution is 2.13. The van der Waals surface area contributed by atoms with Gasteiger partial charge >= 0.3 is 0 Å². The first kappa shape index (κ1) is 15.8. The summed E-state index contributed by atoms with van der Waals surface area (Å²) >= 11 is 0. The molecule has 5 heteroatoms. The molecular weight excluding hydrogens is 269 g/mol. The number of guanidine groups is 1. The second kappa shape index (κ2) is 7.98. The fraction of sp³-hybridized carbons (Fsp3) is 0.562. The lowest BCUT2D eigenvalue weighted by molar-refractivity contribution is 0.181. The van der Waals surface area contributed by atoms with E-state index in [1.807, 2.05) is 13.1 Å². The molecule has 1 aromatic carbocycles. The van der Waals surface area contributed by atoms with Gasteiger partial charge in [-0.05, 0) is 30.5 Å². The zero-order chi connectivity index (χ0) is 15.1. The Kier molecular flexibility index (Phi) is 5.99. The SMILES string of the molecule is CN=C(NCCc1cccc(F)c1)N(C)CC1CCOC1. The third-order valence-corrected chi connectivity index (χ3v) is 3.72. The molecule has 0 saturated carbocycles. The number of aliphatic imine (C=N–C) groups is 1. The Hall–Kier alpha value is -1.62. The number of nitrogens with zero attached hydrogens (tertiary/aromatic N) is 2. The average molecular weight is 293 g/mol. The quantitative estimate of drug-likeness (QED) is 0.665. The molecule has 1 N–H and O–H groups in total. The molecule has 0 aliphatic carbocycles. The van der Waals surface area contributed by atoms with Crippen LogP contribution >= 0.6 is 0 Å². The molecular formula is C16H24FN3O. The Bertz CT molecular complexity index is 472. The lowest BCUT2D eigenvalue weighted by Crippen LogP contribution is -2.42. The molecule has 21 heavy (non-hydrogen) atoms. The number of nitrogens with one attached hydrogen (secondary N) is 1. The van der Waals surface area contributed by atoms with Crippen LogP contribution in [0.25, 0.3) is 0 Å². The topological polar surface area (TPSA) is 36.9 Å². The van der Waals surface area contributed by atoms with Crippen molar-refractivity contribution in [3.05, 3.63) is 35.6 Å². The van der Waals surface area contributed by atoms with Gasteiger partial charge in [-0.25, -0.2) is 4.39 Å². The Labute approximate surface area is 126 Å². The van der Waals surface area contributed by atoms with Gasteiger partial charge in [0.15, 0.2) is 5.96 Å². The molecule has 2 rings (SSSR count). The van der Waals surface area contributed by atoms with Gasteiger partial charge in [0.25, 0.3) is 0 Å². The summed E-state index contributed by atoms with van der Waals surface area (Å²) in [7, 11) is 3.82. The van der Waals surface area contributed by atoms with Gasteiger partial charge in [-0.1, -0.05) is 12.1 Å². The van der Waals surface area contributed by atoms with Crippen molar-refractivity contribution in [2.24, 2.45) is 10.9 Å². The predicted molar refractivity (Wildman–Crippen MR) is 83.0 cm³/mol. The van der Waals surface area contributed by atoms with Crippen molar-refractivity contribution in [2.75, 3.05) is 40.4 Å². The van der Waals surface area contributed by atoms with Gasteiger partial charge in [-0.15, -0.1) is 0 Å². The van der Waals surface area contributed by atoms with Crippen molar-refractivity contribution < 1.29 is 9.13 Å². The number of halogens is 1. The van der Waals surface area contributed by atoms with Crippen LogP contribution in [0, 0.1) is 11.7 Å². The van der Waals surface area contributed by atoms with Gasteiger partial charge in [0.05, 0.1) is 6.61 Å². The monoisotopic (exact) mass is 293 g/mol. The molecule has 1 unspecified atom stereocenters. The number of benzene rings is 1. The van der Waals surface area contributed by atoms with Crippen molar-refractivity contribution >= 4 is 5.96 Å². The van der Waals surface area contributed by atoms with E-state index in [1.54, 1.807) is 19.2 Å². The van der Waals surface area contributed by atoms with Crippen molar-refractivity contribution in [3.8, 4) is 0 Å². The van der Waals surface area contributed by atoms with Crippen LogP contribution in [0.1, 0.15) is 12.0 Å². The van der Waals surface area contributed by atoms with Crippen LogP contribution in [0.2, 0.25) is 0 Å². The first-order valence-corrected chi connectivity index (χ1v) is 7.43. The van der Waals surface area contributed by atoms with Crippen LogP contribution < -0.4 is 5.32 Å². The molecule has 0 aromatic heterocycles. The average Bonchev–Trinajstić information content (AvgIpc) is 2.96. The minimum atomic E-state index is -0.185. The van der Waals surface area contributed by atoms with E-state index in [-0.39, 0.29) is 5.82 Å². The molecule has 1 heterocycles. The zero-order valence-corrected chi connectivity index (χ0v) is 12.8. The molecule has 0 radical (unpaired) electrons. The molecule has 1 aromatic rings. The van der Waals surface area contributed by atoms with E-state index >= 15 is 0 Å². The largest absolute Gasteiger partial charge is 0.381 e. The first-order valence-electron chi connectivity index (χ1n) is 7.43. The summed E-state index contributed by atoms with van der Waals surface area (Å²) in [4.78, 5) is 6.43. The van der Waals surface area contributed by atoms with E-state index in [2.05, 4.69) is 15.2 Å². The Balaban J connectivity index is 1.76. The van der Waals surface area contributed by atoms with Gasteiger partial charge in [0, 0.05) is 39.7 Å². The van der Waals surface area contributed by atoms with Crippen LogP contribution in [-0.4, -0.2) is 51.3 Å². The highest BCUT2D eigenvalue weighted by molar-refractivity contribution is 5.79. The van der Waals surface area contributed by atoms with Crippen LogP contribution in [0.5, 0.6) is 0 Å². The molecule has 1 aliphatic rings. The van der Waals surface area contributed by atoms with E-state index in [9.17, 15) is 4.39 Å². The van der Waals surface area contributed by atoms with Gasteiger partial charge in [0.2, 0.25) is 0 Å². The first-order chi connectivity index (χ1) is 10.2. The molecule has 1 aliphatic heterocycles. The number of hydrogen-bond acceptors (Lipinski definition) is 2. The van der Waals surface area contributed by atoms with E-state index in [0.717, 1.165) is 50.7 Å². The van der Waals surface area contributed by atoms with Crippen molar-refractivity contribution in [1.82, 2.24) is 10.2 Å². The summed E-state index contributed by atoms with van der Waals surface area (Å²) in [5, 5.41) is 3.32. The maximum atomic E-state index is 13.1. The minimum Gasteiger partial charge on any atom is -0.381 e. The lowest BCUT2D eigenvalue weighted by atomic mass is 10.1. The smallest absolute Gasteiger partial charge is 0.193 e. The second-order valence-corrected chi connectivity index (χ2v) is 5.46. The normalized spacial score (nSPS) is 18.8. The summed E-state index contributed by atoms with van der Waals surface area (Å²) in [5.41, 5.74) is 0.991. The van der Waals surface area contributed by atoms with Crippen molar-refractivity contribution in [1.29, 1.82) is 0 Å². The highest BCUT2D eigenvalue weighted by atomic mass is 19.1. The number of ether oxygens (including phenoxy) is 1. The molecule has 1 atom stereocenters. The third kappa shape index (κ3) is 5.01. The van der Waals surface area contributed by atoms with Crippen LogP contribution in [0.15, 0.2) is 29.3 Å². The Morgan fingerprint density at radius 3 is 3.05 bits per heavy atom.